The van der Waals surface area contributed by atoms with Crippen LogP contribution < -0.4 is 19.5 Å². The van der Waals surface area contributed by atoms with Crippen molar-refractivity contribution < 1.29 is 23.4 Å². The van der Waals surface area contributed by atoms with Gasteiger partial charge in [-0.05, 0) is 17.7 Å². The van der Waals surface area contributed by atoms with E-state index in [2.05, 4.69) is 22.3 Å². The van der Waals surface area contributed by atoms with Crippen LogP contribution in [0.25, 0.3) is 0 Å². The van der Waals surface area contributed by atoms with Crippen LogP contribution in [0.2, 0.25) is 0 Å². The topological polar surface area (TPSA) is 73.2 Å². The fraction of sp³-hybridized carbons (Fsp3) is 0.292. The maximum Gasteiger partial charge on any atom is 0.225 e. The van der Waals surface area contributed by atoms with Crippen molar-refractivity contribution >= 4 is 11.6 Å². The second kappa shape index (κ2) is 11.1. The van der Waals surface area contributed by atoms with E-state index in [-0.39, 0.29) is 5.91 Å². The molecule has 0 bridgehead atoms. The highest BCUT2D eigenvalue weighted by Crippen LogP contribution is 2.39. The minimum Gasteiger partial charge on any atom is -0.493 e. The van der Waals surface area contributed by atoms with Crippen molar-refractivity contribution in [2.45, 2.75) is 19.5 Å². The third-order valence-electron chi connectivity index (χ3n) is 4.81. The van der Waals surface area contributed by atoms with E-state index in [9.17, 15) is 4.79 Å². The number of amides is 1. The summed E-state index contributed by atoms with van der Waals surface area (Å²) in [7, 11) is 4.62. The zero-order valence-corrected chi connectivity index (χ0v) is 18.1. The molecule has 31 heavy (non-hydrogen) atoms. The van der Waals surface area contributed by atoms with Crippen LogP contribution in [0.4, 0.5) is 5.69 Å². The first-order chi connectivity index (χ1) is 15.1. The molecular weight excluding hydrogens is 396 g/mol. The molecule has 2 aromatic carbocycles. The molecule has 1 heterocycles. The Morgan fingerprint density at radius 1 is 0.935 bits per heavy atom. The predicted molar refractivity (Wildman–Crippen MR) is 119 cm³/mol. The van der Waals surface area contributed by atoms with Gasteiger partial charge in [0.1, 0.15) is 5.76 Å². The largest absolute Gasteiger partial charge is 0.493 e. The number of ether oxygens (including phenoxy) is 3. The number of carbonyl (C=O) groups excluding carboxylic acids is 1. The first-order valence-electron chi connectivity index (χ1n) is 10.0. The molecule has 0 aliphatic heterocycles. The minimum absolute atomic E-state index is 0.105. The molecule has 3 aromatic rings. The molecule has 164 valence electrons. The van der Waals surface area contributed by atoms with Gasteiger partial charge in [0.2, 0.25) is 11.7 Å². The molecule has 1 N–H and O–H groups in total. The second-order valence-corrected chi connectivity index (χ2v) is 6.99. The van der Waals surface area contributed by atoms with Crippen molar-refractivity contribution in [3.8, 4) is 17.2 Å². The first kappa shape index (κ1) is 22.2. The fourth-order valence-corrected chi connectivity index (χ4v) is 3.31. The monoisotopic (exact) mass is 424 g/mol. The first-order valence-corrected chi connectivity index (χ1v) is 10.0. The number of anilines is 1. The molecule has 0 atom stereocenters. The van der Waals surface area contributed by atoms with E-state index < -0.39 is 0 Å². The van der Waals surface area contributed by atoms with Crippen LogP contribution in [0.15, 0.2) is 65.3 Å². The lowest BCUT2D eigenvalue weighted by molar-refractivity contribution is -0.116. The summed E-state index contributed by atoms with van der Waals surface area (Å²) >= 11 is 0. The summed E-state index contributed by atoms with van der Waals surface area (Å²) in [6.45, 7) is 1.92. The van der Waals surface area contributed by atoms with Crippen molar-refractivity contribution in [2.24, 2.45) is 0 Å². The Morgan fingerprint density at radius 3 is 2.23 bits per heavy atom. The van der Waals surface area contributed by atoms with E-state index in [0.717, 1.165) is 12.3 Å². The Balaban J connectivity index is 1.65. The molecule has 7 heteroatoms. The van der Waals surface area contributed by atoms with Gasteiger partial charge in [0.25, 0.3) is 0 Å². The molecule has 1 aromatic heterocycles. The number of benzene rings is 2. The normalized spacial score (nSPS) is 10.7. The quantitative estimate of drug-likeness (QED) is 0.494. The van der Waals surface area contributed by atoms with Gasteiger partial charge in [0.05, 0.1) is 34.1 Å². The molecule has 0 saturated carbocycles. The van der Waals surface area contributed by atoms with E-state index in [4.69, 9.17) is 18.6 Å². The lowest BCUT2D eigenvalue weighted by Gasteiger charge is -2.21. The molecule has 7 nitrogen and oxygen atoms in total. The van der Waals surface area contributed by atoms with Crippen LogP contribution in [0.1, 0.15) is 17.7 Å². The van der Waals surface area contributed by atoms with Crippen molar-refractivity contribution in [3.63, 3.8) is 0 Å². The van der Waals surface area contributed by atoms with E-state index in [1.165, 1.54) is 5.56 Å². The number of methoxy groups -OCH3 is 3. The lowest BCUT2D eigenvalue weighted by Crippen LogP contribution is -2.27. The summed E-state index contributed by atoms with van der Waals surface area (Å²) in [5.41, 5.74) is 1.76. The van der Waals surface area contributed by atoms with Crippen LogP contribution in [0.3, 0.4) is 0 Å². The Hall–Kier alpha value is -3.45. The van der Waals surface area contributed by atoms with Gasteiger partial charge in [-0.25, -0.2) is 0 Å². The van der Waals surface area contributed by atoms with Crippen LogP contribution in [-0.2, 0) is 17.9 Å². The van der Waals surface area contributed by atoms with E-state index in [1.54, 1.807) is 39.7 Å². The zero-order valence-electron chi connectivity index (χ0n) is 18.1. The predicted octanol–water partition coefficient (Wildman–Crippen LogP) is 4.34. The maximum atomic E-state index is 12.7. The number of carbonyl (C=O) groups is 1. The number of nitrogens with one attached hydrogen (secondary N) is 1. The molecular formula is C24H28N2O5. The summed E-state index contributed by atoms with van der Waals surface area (Å²) in [6.07, 6.45) is 1.98. The molecule has 0 spiro atoms. The Bertz CT molecular complexity index is 932. The van der Waals surface area contributed by atoms with E-state index in [0.29, 0.717) is 42.4 Å². The lowest BCUT2D eigenvalue weighted by atomic mass is 10.2. The second-order valence-electron chi connectivity index (χ2n) is 6.99. The third kappa shape index (κ3) is 6.26. The number of nitrogens with zero attached hydrogens (tertiary/aromatic N) is 1. The molecule has 0 radical (unpaired) electrons. The SMILES string of the molecule is COc1cc(NC(=O)CCN(Cc2ccccc2)Cc2ccco2)cc(OC)c1OC. The number of rotatable bonds is 11. The molecule has 0 saturated heterocycles. The minimum atomic E-state index is -0.105. The summed E-state index contributed by atoms with van der Waals surface area (Å²) in [4.78, 5) is 14.8. The summed E-state index contributed by atoms with van der Waals surface area (Å²) < 4.78 is 21.5. The summed E-state index contributed by atoms with van der Waals surface area (Å²) in [5.74, 6) is 2.21. The molecule has 0 unspecified atom stereocenters. The van der Waals surface area contributed by atoms with Gasteiger partial charge >= 0.3 is 0 Å². The van der Waals surface area contributed by atoms with Crippen LogP contribution in [0.5, 0.6) is 17.2 Å². The average Bonchev–Trinajstić information content (AvgIpc) is 3.30. The number of hydrogen-bond donors (Lipinski definition) is 1. The Kier molecular flexibility index (Phi) is 7.95. The third-order valence-corrected chi connectivity index (χ3v) is 4.81. The van der Waals surface area contributed by atoms with Gasteiger partial charge in [0.15, 0.2) is 11.5 Å². The highest BCUT2D eigenvalue weighted by Gasteiger charge is 2.16. The highest BCUT2D eigenvalue weighted by atomic mass is 16.5. The standard InChI is InChI=1S/C24H28N2O5/c1-28-21-14-19(15-22(29-2)24(21)30-3)25-23(27)11-12-26(17-20-10-7-13-31-20)16-18-8-5-4-6-9-18/h4-10,13-15H,11-12,16-17H2,1-3H3,(H,25,27). The Labute approximate surface area is 182 Å². The van der Waals surface area contributed by atoms with Gasteiger partial charge in [-0.1, -0.05) is 30.3 Å². The van der Waals surface area contributed by atoms with Gasteiger partial charge in [0, 0.05) is 37.3 Å². The van der Waals surface area contributed by atoms with Crippen molar-refractivity contribution in [1.82, 2.24) is 4.90 Å². The van der Waals surface area contributed by atoms with Gasteiger partial charge in [-0.3, -0.25) is 9.69 Å². The maximum absolute atomic E-state index is 12.7. The van der Waals surface area contributed by atoms with E-state index >= 15 is 0 Å². The molecule has 0 aliphatic carbocycles. The highest BCUT2D eigenvalue weighted by molar-refractivity contribution is 5.91. The number of furan rings is 1. The summed E-state index contributed by atoms with van der Waals surface area (Å²) in [6, 6.07) is 17.4. The van der Waals surface area contributed by atoms with Crippen LogP contribution in [-0.4, -0.2) is 38.7 Å². The van der Waals surface area contributed by atoms with Gasteiger partial charge in [-0.2, -0.15) is 0 Å². The molecule has 0 fully saturated rings. The summed E-state index contributed by atoms with van der Waals surface area (Å²) in [5, 5.41) is 2.92. The molecule has 3 rings (SSSR count). The van der Waals surface area contributed by atoms with Crippen molar-refractivity contribution in [1.29, 1.82) is 0 Å². The van der Waals surface area contributed by atoms with Gasteiger partial charge < -0.3 is 23.9 Å². The van der Waals surface area contributed by atoms with Crippen LogP contribution >= 0.6 is 0 Å². The van der Waals surface area contributed by atoms with Crippen molar-refractivity contribution in [2.75, 3.05) is 33.2 Å². The average molecular weight is 424 g/mol. The van der Waals surface area contributed by atoms with E-state index in [1.807, 2.05) is 30.3 Å². The Morgan fingerprint density at radius 2 is 1.65 bits per heavy atom. The van der Waals surface area contributed by atoms with Gasteiger partial charge in [-0.15, -0.1) is 0 Å². The molecule has 0 aliphatic rings. The number of hydrogen-bond acceptors (Lipinski definition) is 6. The van der Waals surface area contributed by atoms with Crippen molar-refractivity contribution in [3.05, 3.63) is 72.2 Å². The molecule has 1 amide bonds. The zero-order chi connectivity index (χ0) is 22.1. The fourth-order valence-electron chi connectivity index (χ4n) is 3.31. The van der Waals surface area contributed by atoms with Crippen LogP contribution in [0, 0.1) is 0 Å². The smallest absolute Gasteiger partial charge is 0.225 e.